The van der Waals surface area contributed by atoms with E-state index in [-0.39, 0.29) is 0 Å². The molecule has 86 valence electrons. The van der Waals surface area contributed by atoms with E-state index in [0.717, 1.165) is 23.9 Å². The van der Waals surface area contributed by atoms with Crippen LogP contribution in [0.5, 0.6) is 0 Å². The maximum atomic E-state index is 4.03. The summed E-state index contributed by atoms with van der Waals surface area (Å²) in [5, 5.41) is 4.03. The van der Waals surface area contributed by atoms with Gasteiger partial charge in [-0.15, -0.1) is 0 Å². The molecule has 1 N–H and O–H groups in total. The largest absolute Gasteiger partial charge is 0.310 e. The highest BCUT2D eigenvalue weighted by molar-refractivity contribution is 5.00. The van der Waals surface area contributed by atoms with Crippen LogP contribution in [0.3, 0.4) is 0 Å². The van der Waals surface area contributed by atoms with E-state index in [0.29, 0.717) is 5.41 Å². The summed E-state index contributed by atoms with van der Waals surface area (Å²) in [6.07, 6.45) is 10.3. The lowest BCUT2D eigenvalue weighted by Crippen LogP contribution is -2.46. The molecule has 0 bridgehead atoms. The van der Waals surface area contributed by atoms with Crippen LogP contribution in [0.4, 0.5) is 0 Å². The van der Waals surface area contributed by atoms with E-state index in [4.69, 9.17) is 0 Å². The third kappa shape index (κ3) is 2.08. The van der Waals surface area contributed by atoms with Crippen molar-refractivity contribution >= 4 is 0 Å². The highest BCUT2D eigenvalue weighted by atomic mass is 15.0. The van der Waals surface area contributed by atoms with Gasteiger partial charge in [-0.25, -0.2) is 0 Å². The molecule has 3 aliphatic rings. The summed E-state index contributed by atoms with van der Waals surface area (Å²) in [4.78, 5) is 0. The van der Waals surface area contributed by atoms with Crippen LogP contribution in [0, 0.1) is 17.3 Å². The summed E-state index contributed by atoms with van der Waals surface area (Å²) >= 11 is 0. The van der Waals surface area contributed by atoms with Crippen molar-refractivity contribution in [2.45, 2.75) is 70.9 Å². The molecular formula is C14H25N. The zero-order valence-corrected chi connectivity index (χ0v) is 10.3. The molecule has 3 aliphatic carbocycles. The molecule has 0 aromatic carbocycles. The molecule has 1 nitrogen and oxygen atoms in total. The molecular weight excluding hydrogens is 182 g/mol. The van der Waals surface area contributed by atoms with Gasteiger partial charge in [-0.1, -0.05) is 20.3 Å². The van der Waals surface area contributed by atoms with Crippen LogP contribution in [0.15, 0.2) is 0 Å². The van der Waals surface area contributed by atoms with Gasteiger partial charge in [-0.3, -0.25) is 0 Å². The molecule has 15 heavy (non-hydrogen) atoms. The summed E-state index contributed by atoms with van der Waals surface area (Å²) in [6, 6.07) is 1.70. The lowest BCUT2D eigenvalue weighted by atomic mass is 9.86. The van der Waals surface area contributed by atoms with Crippen LogP contribution >= 0.6 is 0 Å². The third-order valence-corrected chi connectivity index (χ3v) is 4.91. The van der Waals surface area contributed by atoms with Crippen molar-refractivity contribution in [1.29, 1.82) is 0 Å². The van der Waals surface area contributed by atoms with Gasteiger partial charge in [0, 0.05) is 12.1 Å². The first-order valence-corrected chi connectivity index (χ1v) is 6.93. The van der Waals surface area contributed by atoms with E-state index >= 15 is 0 Å². The minimum Gasteiger partial charge on any atom is -0.310 e. The molecule has 0 aromatic heterocycles. The number of hydrogen-bond acceptors (Lipinski definition) is 1. The van der Waals surface area contributed by atoms with E-state index in [1.165, 1.54) is 44.9 Å². The van der Waals surface area contributed by atoms with Gasteiger partial charge in [-0.2, -0.15) is 0 Å². The predicted octanol–water partition coefficient (Wildman–Crippen LogP) is 3.34. The maximum absolute atomic E-state index is 4.03. The first-order valence-electron chi connectivity index (χ1n) is 6.93. The average molecular weight is 207 g/mol. The second-order valence-electron chi connectivity index (χ2n) is 6.80. The quantitative estimate of drug-likeness (QED) is 0.745. The van der Waals surface area contributed by atoms with Crippen molar-refractivity contribution in [2.75, 3.05) is 0 Å². The van der Waals surface area contributed by atoms with Gasteiger partial charge >= 0.3 is 0 Å². The Morgan fingerprint density at radius 2 is 1.60 bits per heavy atom. The monoisotopic (exact) mass is 207 g/mol. The van der Waals surface area contributed by atoms with Crippen LogP contribution in [-0.4, -0.2) is 12.1 Å². The van der Waals surface area contributed by atoms with Gasteiger partial charge in [0.05, 0.1) is 0 Å². The standard InChI is InChI=1S/C14H25N/c1-14(2)9-3-4-12(14)15-13(10-5-6-10)11-7-8-11/h10-13,15H,3-9H2,1-2H3. The predicted molar refractivity (Wildman–Crippen MR) is 63.8 cm³/mol. The molecule has 3 saturated carbocycles. The van der Waals surface area contributed by atoms with E-state index < -0.39 is 0 Å². The molecule has 0 heterocycles. The Morgan fingerprint density at radius 3 is 2.00 bits per heavy atom. The van der Waals surface area contributed by atoms with Crippen molar-refractivity contribution in [3.8, 4) is 0 Å². The summed E-state index contributed by atoms with van der Waals surface area (Å²) in [5.74, 6) is 2.10. The smallest absolute Gasteiger partial charge is 0.0126 e. The second-order valence-corrected chi connectivity index (χ2v) is 6.80. The van der Waals surface area contributed by atoms with Crippen LogP contribution in [0.25, 0.3) is 0 Å². The van der Waals surface area contributed by atoms with Gasteiger partial charge in [0.2, 0.25) is 0 Å². The molecule has 0 spiro atoms. The Kier molecular flexibility index (Phi) is 2.35. The summed E-state index contributed by atoms with van der Waals surface area (Å²) in [5.41, 5.74) is 0.558. The van der Waals surface area contributed by atoms with Crippen LogP contribution in [-0.2, 0) is 0 Å². The first kappa shape index (κ1) is 10.1. The fraction of sp³-hybridized carbons (Fsp3) is 1.00. The van der Waals surface area contributed by atoms with Gasteiger partial charge in [0.1, 0.15) is 0 Å². The van der Waals surface area contributed by atoms with E-state index in [1.807, 2.05) is 0 Å². The van der Waals surface area contributed by atoms with Crippen molar-refractivity contribution in [3.05, 3.63) is 0 Å². The van der Waals surface area contributed by atoms with E-state index in [1.54, 1.807) is 0 Å². The molecule has 0 aliphatic heterocycles. The highest BCUT2D eigenvalue weighted by Gasteiger charge is 2.44. The van der Waals surface area contributed by atoms with Crippen molar-refractivity contribution in [1.82, 2.24) is 5.32 Å². The first-order chi connectivity index (χ1) is 7.17. The van der Waals surface area contributed by atoms with Gasteiger partial charge in [-0.05, 0) is 55.8 Å². The zero-order chi connectivity index (χ0) is 10.5. The Labute approximate surface area is 94.0 Å². The Balaban J connectivity index is 1.62. The Bertz CT molecular complexity index is 226. The van der Waals surface area contributed by atoms with Crippen molar-refractivity contribution < 1.29 is 0 Å². The number of hydrogen-bond donors (Lipinski definition) is 1. The lowest BCUT2D eigenvalue weighted by Gasteiger charge is -2.32. The second kappa shape index (κ2) is 3.48. The number of nitrogens with one attached hydrogen (secondary N) is 1. The molecule has 0 saturated heterocycles. The molecule has 1 unspecified atom stereocenters. The van der Waals surface area contributed by atoms with Crippen LogP contribution < -0.4 is 5.32 Å². The third-order valence-electron chi connectivity index (χ3n) is 4.91. The summed E-state index contributed by atoms with van der Waals surface area (Å²) < 4.78 is 0. The Hall–Kier alpha value is -0.0400. The maximum Gasteiger partial charge on any atom is 0.0126 e. The summed E-state index contributed by atoms with van der Waals surface area (Å²) in [6.45, 7) is 4.91. The average Bonchev–Trinajstić information content (AvgIpc) is 3.03. The van der Waals surface area contributed by atoms with Crippen molar-refractivity contribution in [2.24, 2.45) is 17.3 Å². The minimum absolute atomic E-state index is 0.558. The minimum atomic E-state index is 0.558. The fourth-order valence-corrected chi connectivity index (χ4v) is 3.44. The SMILES string of the molecule is CC1(C)CCCC1NC(C1CC1)C1CC1. The molecule has 0 aromatic rings. The molecule has 1 atom stereocenters. The topological polar surface area (TPSA) is 12.0 Å². The molecule has 3 rings (SSSR count). The van der Waals surface area contributed by atoms with Crippen LogP contribution in [0.1, 0.15) is 58.8 Å². The normalized spacial score (nSPS) is 35.0. The van der Waals surface area contributed by atoms with E-state index in [9.17, 15) is 0 Å². The van der Waals surface area contributed by atoms with E-state index in [2.05, 4.69) is 19.2 Å². The highest BCUT2D eigenvalue weighted by Crippen LogP contribution is 2.46. The fourth-order valence-electron chi connectivity index (χ4n) is 3.44. The molecule has 0 amide bonds. The zero-order valence-electron chi connectivity index (χ0n) is 10.3. The molecule has 3 fully saturated rings. The lowest BCUT2D eigenvalue weighted by molar-refractivity contribution is 0.241. The van der Waals surface area contributed by atoms with Crippen LogP contribution in [0.2, 0.25) is 0 Å². The molecule has 1 heteroatoms. The van der Waals surface area contributed by atoms with Gasteiger partial charge in [0.15, 0.2) is 0 Å². The van der Waals surface area contributed by atoms with Gasteiger partial charge in [0.25, 0.3) is 0 Å². The van der Waals surface area contributed by atoms with Gasteiger partial charge < -0.3 is 5.32 Å². The Morgan fingerprint density at radius 1 is 1.00 bits per heavy atom. The number of rotatable bonds is 4. The van der Waals surface area contributed by atoms with Crippen molar-refractivity contribution in [3.63, 3.8) is 0 Å². The summed E-state index contributed by atoms with van der Waals surface area (Å²) in [7, 11) is 0. The molecule has 0 radical (unpaired) electrons.